The molecule has 0 aliphatic carbocycles. The molecule has 22 heavy (non-hydrogen) atoms. The number of methoxy groups -OCH3 is 1. The summed E-state index contributed by atoms with van der Waals surface area (Å²) in [7, 11) is 1.64. The van der Waals surface area contributed by atoms with E-state index in [0.717, 1.165) is 22.1 Å². The smallest absolute Gasteiger partial charge is 0.119 e. The van der Waals surface area contributed by atoms with Crippen molar-refractivity contribution in [3.05, 3.63) is 65.7 Å². The highest BCUT2D eigenvalue weighted by molar-refractivity contribution is 5.90. The van der Waals surface area contributed by atoms with E-state index in [0.29, 0.717) is 16.7 Å². The van der Waals surface area contributed by atoms with Crippen molar-refractivity contribution in [3.8, 4) is 29.0 Å². The number of ether oxygens (including phenoxy) is 1. The lowest BCUT2D eigenvalue weighted by molar-refractivity contribution is 0.415. The molecule has 0 radical (unpaired) electrons. The van der Waals surface area contributed by atoms with Gasteiger partial charge in [-0.15, -0.1) is 0 Å². The summed E-state index contributed by atoms with van der Waals surface area (Å²) in [5.74, 6) is 0.801. The number of fused-ring (bicyclic) bond motifs is 1. The van der Waals surface area contributed by atoms with Crippen molar-refractivity contribution in [2.45, 2.75) is 0 Å². The van der Waals surface area contributed by atoms with Crippen LogP contribution in [0.4, 0.5) is 0 Å². The molecule has 0 bridgehead atoms. The van der Waals surface area contributed by atoms with E-state index in [9.17, 15) is 10.5 Å². The van der Waals surface area contributed by atoms with Crippen LogP contribution in [0.2, 0.25) is 0 Å². The monoisotopic (exact) mass is 284 g/mol. The lowest BCUT2D eigenvalue weighted by Gasteiger charge is -2.09. The minimum atomic E-state index is 0.506. The second-order valence-electron chi connectivity index (χ2n) is 4.88. The number of nitriles is 2. The largest absolute Gasteiger partial charge is 0.497 e. The zero-order chi connectivity index (χ0) is 15.5. The summed E-state index contributed by atoms with van der Waals surface area (Å²) in [6, 6.07) is 21.2. The molecule has 0 aliphatic rings. The van der Waals surface area contributed by atoms with Crippen LogP contribution in [0.25, 0.3) is 21.9 Å². The third kappa shape index (κ3) is 2.26. The van der Waals surface area contributed by atoms with Gasteiger partial charge in [0.05, 0.1) is 30.4 Å². The molecular weight excluding hydrogens is 272 g/mol. The standard InChI is InChI=1S/C19H12N2O/c1-22-18-8-7-13-9-15(6-5-14(13)10-18)19-16(11-20)3-2-4-17(19)12-21/h2-10H,1H3. The predicted molar refractivity (Wildman–Crippen MR) is 85.4 cm³/mol. The molecule has 0 atom stereocenters. The Morgan fingerprint density at radius 2 is 1.45 bits per heavy atom. The van der Waals surface area contributed by atoms with Crippen molar-refractivity contribution in [1.29, 1.82) is 10.5 Å². The zero-order valence-corrected chi connectivity index (χ0v) is 12.0. The number of hydrogen-bond donors (Lipinski definition) is 0. The fourth-order valence-corrected chi connectivity index (χ4v) is 2.56. The summed E-state index contributed by atoms with van der Waals surface area (Å²) in [6.07, 6.45) is 0. The van der Waals surface area contributed by atoms with E-state index < -0.39 is 0 Å². The van der Waals surface area contributed by atoms with Gasteiger partial charge in [-0.1, -0.05) is 24.3 Å². The summed E-state index contributed by atoms with van der Waals surface area (Å²) in [6.45, 7) is 0. The minimum Gasteiger partial charge on any atom is -0.497 e. The molecule has 104 valence electrons. The van der Waals surface area contributed by atoms with Crippen LogP contribution in [-0.2, 0) is 0 Å². The van der Waals surface area contributed by atoms with E-state index in [1.54, 1.807) is 25.3 Å². The molecule has 3 rings (SSSR count). The van der Waals surface area contributed by atoms with Crippen molar-refractivity contribution in [2.75, 3.05) is 7.11 Å². The van der Waals surface area contributed by atoms with Crippen molar-refractivity contribution in [2.24, 2.45) is 0 Å². The molecule has 0 aliphatic heterocycles. The summed E-state index contributed by atoms with van der Waals surface area (Å²) in [5, 5.41) is 20.7. The fraction of sp³-hybridized carbons (Fsp3) is 0.0526. The van der Waals surface area contributed by atoms with Gasteiger partial charge in [-0.2, -0.15) is 10.5 Å². The second-order valence-corrected chi connectivity index (χ2v) is 4.88. The van der Waals surface area contributed by atoms with Gasteiger partial charge in [0.1, 0.15) is 5.75 Å². The number of benzene rings is 3. The van der Waals surface area contributed by atoms with Crippen LogP contribution in [0.5, 0.6) is 5.75 Å². The lowest BCUT2D eigenvalue weighted by atomic mass is 9.93. The first kappa shape index (κ1) is 13.7. The van der Waals surface area contributed by atoms with Crippen LogP contribution in [-0.4, -0.2) is 7.11 Å². The molecular formula is C19H12N2O. The molecule has 0 saturated heterocycles. The zero-order valence-electron chi connectivity index (χ0n) is 12.0. The summed E-state index contributed by atoms with van der Waals surface area (Å²) >= 11 is 0. The molecule has 0 saturated carbocycles. The Morgan fingerprint density at radius 3 is 2.09 bits per heavy atom. The first-order chi connectivity index (χ1) is 10.8. The van der Waals surface area contributed by atoms with Crippen LogP contribution in [0.3, 0.4) is 0 Å². The highest BCUT2D eigenvalue weighted by Crippen LogP contribution is 2.31. The van der Waals surface area contributed by atoms with Gasteiger partial charge in [0.25, 0.3) is 0 Å². The van der Waals surface area contributed by atoms with Crippen molar-refractivity contribution >= 4 is 10.8 Å². The maximum absolute atomic E-state index is 9.31. The van der Waals surface area contributed by atoms with E-state index in [4.69, 9.17) is 4.74 Å². The van der Waals surface area contributed by atoms with Crippen LogP contribution in [0, 0.1) is 22.7 Å². The predicted octanol–water partition coefficient (Wildman–Crippen LogP) is 4.26. The average molecular weight is 284 g/mol. The van der Waals surface area contributed by atoms with Crippen molar-refractivity contribution in [1.82, 2.24) is 0 Å². The van der Waals surface area contributed by atoms with E-state index in [-0.39, 0.29) is 0 Å². The number of hydrogen-bond acceptors (Lipinski definition) is 3. The molecule has 0 fully saturated rings. The maximum atomic E-state index is 9.31. The molecule has 3 aromatic carbocycles. The van der Waals surface area contributed by atoms with E-state index >= 15 is 0 Å². The molecule has 0 spiro atoms. The summed E-state index contributed by atoms with van der Waals surface area (Å²) in [4.78, 5) is 0. The Bertz CT molecular complexity index is 914. The molecule has 0 unspecified atom stereocenters. The molecule has 3 nitrogen and oxygen atoms in total. The van der Waals surface area contributed by atoms with Gasteiger partial charge in [-0.25, -0.2) is 0 Å². The Kier molecular flexibility index (Phi) is 3.48. The molecule has 0 N–H and O–H groups in total. The first-order valence-electron chi connectivity index (χ1n) is 6.78. The quantitative estimate of drug-likeness (QED) is 0.706. The molecule has 0 amide bonds. The number of rotatable bonds is 2. The normalized spacial score (nSPS) is 9.95. The Labute approximate surface area is 128 Å². The average Bonchev–Trinajstić information content (AvgIpc) is 2.59. The van der Waals surface area contributed by atoms with Gasteiger partial charge in [0.2, 0.25) is 0 Å². The Hall–Kier alpha value is -3.30. The highest BCUT2D eigenvalue weighted by Gasteiger charge is 2.11. The van der Waals surface area contributed by atoms with Crippen molar-refractivity contribution in [3.63, 3.8) is 0 Å². The Balaban J connectivity index is 2.24. The lowest BCUT2D eigenvalue weighted by Crippen LogP contribution is -1.90. The van der Waals surface area contributed by atoms with Gasteiger partial charge >= 0.3 is 0 Å². The van der Waals surface area contributed by atoms with E-state index in [1.165, 1.54) is 0 Å². The third-order valence-corrected chi connectivity index (χ3v) is 3.64. The number of nitrogens with zero attached hydrogens (tertiary/aromatic N) is 2. The third-order valence-electron chi connectivity index (χ3n) is 3.64. The van der Waals surface area contributed by atoms with E-state index in [2.05, 4.69) is 12.1 Å². The van der Waals surface area contributed by atoms with Crippen LogP contribution >= 0.6 is 0 Å². The first-order valence-corrected chi connectivity index (χ1v) is 6.78. The molecule has 3 aromatic rings. The maximum Gasteiger partial charge on any atom is 0.119 e. The SMILES string of the molecule is COc1ccc2cc(-c3c(C#N)cccc3C#N)ccc2c1. The molecule has 0 heterocycles. The van der Waals surface area contributed by atoms with Gasteiger partial charge < -0.3 is 4.74 Å². The van der Waals surface area contributed by atoms with Crippen LogP contribution in [0.15, 0.2) is 54.6 Å². The van der Waals surface area contributed by atoms with Gasteiger partial charge in [-0.3, -0.25) is 0 Å². The van der Waals surface area contributed by atoms with Crippen molar-refractivity contribution < 1.29 is 4.74 Å². The molecule has 0 aromatic heterocycles. The molecule has 3 heteroatoms. The van der Waals surface area contributed by atoms with Gasteiger partial charge in [0, 0.05) is 5.56 Å². The minimum absolute atomic E-state index is 0.506. The highest BCUT2D eigenvalue weighted by atomic mass is 16.5. The van der Waals surface area contributed by atoms with Crippen LogP contribution < -0.4 is 4.74 Å². The van der Waals surface area contributed by atoms with Gasteiger partial charge in [0.15, 0.2) is 0 Å². The summed E-state index contributed by atoms with van der Waals surface area (Å²) in [5.41, 5.74) is 2.57. The topological polar surface area (TPSA) is 56.8 Å². The second kappa shape index (κ2) is 5.60. The fourth-order valence-electron chi connectivity index (χ4n) is 2.56. The van der Waals surface area contributed by atoms with Gasteiger partial charge in [-0.05, 0) is 46.7 Å². The van der Waals surface area contributed by atoms with E-state index in [1.807, 2.05) is 36.4 Å². The summed E-state index contributed by atoms with van der Waals surface area (Å²) < 4.78 is 5.22. The Morgan fingerprint density at radius 1 is 0.818 bits per heavy atom. The van der Waals surface area contributed by atoms with Crippen LogP contribution in [0.1, 0.15) is 11.1 Å².